The molecule has 2 fully saturated rings. The van der Waals surface area contributed by atoms with Crippen molar-refractivity contribution >= 4 is 5.82 Å². The predicted octanol–water partition coefficient (Wildman–Crippen LogP) is 1.91. The van der Waals surface area contributed by atoms with Crippen LogP contribution in [0.3, 0.4) is 0 Å². The number of aliphatic hydroxyl groups is 1. The van der Waals surface area contributed by atoms with Crippen molar-refractivity contribution in [2.45, 2.75) is 44.8 Å². The Morgan fingerprint density at radius 2 is 2.18 bits per heavy atom. The summed E-state index contributed by atoms with van der Waals surface area (Å²) >= 11 is 0. The van der Waals surface area contributed by atoms with Gasteiger partial charge in [-0.1, -0.05) is 0 Å². The van der Waals surface area contributed by atoms with E-state index in [9.17, 15) is 5.11 Å². The first-order chi connectivity index (χ1) is 10.7. The van der Waals surface area contributed by atoms with Crippen LogP contribution in [-0.2, 0) is 0 Å². The highest BCUT2D eigenvalue weighted by Crippen LogP contribution is 2.30. The van der Waals surface area contributed by atoms with Crippen LogP contribution >= 0.6 is 0 Å². The van der Waals surface area contributed by atoms with Crippen LogP contribution in [0.4, 0.5) is 5.82 Å². The van der Waals surface area contributed by atoms with Gasteiger partial charge in [0.15, 0.2) is 11.6 Å². The van der Waals surface area contributed by atoms with Crippen molar-refractivity contribution in [2.24, 2.45) is 0 Å². The van der Waals surface area contributed by atoms with Crippen molar-refractivity contribution in [3.63, 3.8) is 0 Å². The lowest BCUT2D eigenvalue weighted by Gasteiger charge is -2.22. The van der Waals surface area contributed by atoms with Crippen LogP contribution in [0.5, 0.6) is 5.75 Å². The number of pyridine rings is 1. The molecule has 2 aliphatic heterocycles. The van der Waals surface area contributed by atoms with Gasteiger partial charge in [0.25, 0.3) is 0 Å². The molecule has 5 nitrogen and oxygen atoms in total. The Labute approximate surface area is 132 Å². The number of ether oxygens (including phenoxy) is 1. The number of aromatic nitrogens is 1. The Hall–Kier alpha value is -1.33. The molecule has 0 aliphatic carbocycles. The molecule has 1 aromatic rings. The van der Waals surface area contributed by atoms with E-state index in [0.29, 0.717) is 0 Å². The van der Waals surface area contributed by atoms with Crippen molar-refractivity contribution in [1.82, 2.24) is 9.88 Å². The molecular weight excluding hydrogens is 278 g/mol. The van der Waals surface area contributed by atoms with Gasteiger partial charge in [-0.2, -0.15) is 0 Å². The molecule has 0 unspecified atom stereocenters. The van der Waals surface area contributed by atoms with Gasteiger partial charge in [-0.3, -0.25) is 4.90 Å². The van der Waals surface area contributed by atoms with Gasteiger partial charge in [0.1, 0.15) is 6.10 Å². The van der Waals surface area contributed by atoms with Crippen LogP contribution in [0, 0.1) is 0 Å². The standard InChI is InChI=1S/C17H27N3O2/c1-14(21)6-11-19-12-7-15(13-19)22-16-5-4-8-18-17(16)20-9-2-3-10-20/h4-5,8,14-15,21H,2-3,6-7,9-13H2,1H3/t14-,15+/m0/s1. The highest BCUT2D eigenvalue weighted by atomic mass is 16.5. The van der Waals surface area contributed by atoms with Crippen LogP contribution in [0.2, 0.25) is 0 Å². The van der Waals surface area contributed by atoms with Crippen LogP contribution in [-0.4, -0.2) is 59.9 Å². The second-order valence-electron chi connectivity index (χ2n) is 6.49. The Morgan fingerprint density at radius 3 is 2.95 bits per heavy atom. The third-order valence-corrected chi connectivity index (χ3v) is 4.54. The summed E-state index contributed by atoms with van der Waals surface area (Å²) in [6, 6.07) is 3.99. The number of hydrogen-bond donors (Lipinski definition) is 1. The third kappa shape index (κ3) is 3.90. The summed E-state index contributed by atoms with van der Waals surface area (Å²) in [4.78, 5) is 9.24. The minimum absolute atomic E-state index is 0.222. The smallest absolute Gasteiger partial charge is 0.171 e. The van der Waals surface area contributed by atoms with Crippen LogP contribution < -0.4 is 9.64 Å². The summed E-state index contributed by atoms with van der Waals surface area (Å²) in [7, 11) is 0. The number of anilines is 1. The molecule has 0 bridgehead atoms. The molecule has 1 aromatic heterocycles. The van der Waals surface area contributed by atoms with E-state index in [2.05, 4.69) is 14.8 Å². The van der Waals surface area contributed by atoms with Crippen molar-refractivity contribution in [3.8, 4) is 5.75 Å². The van der Waals surface area contributed by atoms with E-state index >= 15 is 0 Å². The summed E-state index contributed by atoms with van der Waals surface area (Å²) in [5.74, 6) is 1.93. The molecule has 3 rings (SSSR count). The monoisotopic (exact) mass is 305 g/mol. The van der Waals surface area contributed by atoms with E-state index in [1.807, 2.05) is 25.3 Å². The normalized spacial score (nSPS) is 23.9. The lowest BCUT2D eigenvalue weighted by atomic mass is 10.3. The zero-order chi connectivity index (χ0) is 15.4. The summed E-state index contributed by atoms with van der Waals surface area (Å²) in [5.41, 5.74) is 0. The van der Waals surface area contributed by atoms with Gasteiger partial charge < -0.3 is 14.7 Å². The predicted molar refractivity (Wildman–Crippen MR) is 87.5 cm³/mol. The molecule has 0 saturated carbocycles. The number of likely N-dealkylation sites (tertiary alicyclic amines) is 1. The molecule has 0 aromatic carbocycles. The van der Waals surface area contributed by atoms with Crippen molar-refractivity contribution in [1.29, 1.82) is 0 Å². The minimum Gasteiger partial charge on any atom is -0.485 e. The van der Waals surface area contributed by atoms with Crippen LogP contribution in [0.25, 0.3) is 0 Å². The van der Waals surface area contributed by atoms with Gasteiger partial charge in [0.05, 0.1) is 6.10 Å². The van der Waals surface area contributed by atoms with Crippen LogP contribution in [0.1, 0.15) is 32.6 Å². The molecule has 1 N–H and O–H groups in total. The maximum absolute atomic E-state index is 9.40. The van der Waals surface area contributed by atoms with E-state index in [1.54, 1.807) is 0 Å². The number of rotatable bonds is 6. The highest BCUT2D eigenvalue weighted by Gasteiger charge is 2.26. The van der Waals surface area contributed by atoms with E-state index in [4.69, 9.17) is 4.74 Å². The number of aliphatic hydroxyl groups excluding tert-OH is 1. The quantitative estimate of drug-likeness (QED) is 0.870. The molecular formula is C17H27N3O2. The first-order valence-electron chi connectivity index (χ1n) is 8.49. The zero-order valence-electron chi connectivity index (χ0n) is 13.4. The Bertz CT molecular complexity index is 475. The maximum Gasteiger partial charge on any atom is 0.171 e. The second-order valence-corrected chi connectivity index (χ2v) is 6.49. The fourth-order valence-corrected chi connectivity index (χ4v) is 3.29. The fourth-order valence-electron chi connectivity index (χ4n) is 3.29. The number of nitrogens with zero attached hydrogens (tertiary/aromatic N) is 3. The average molecular weight is 305 g/mol. The van der Waals surface area contributed by atoms with Gasteiger partial charge in [-0.05, 0) is 44.7 Å². The second kappa shape index (κ2) is 7.29. The van der Waals surface area contributed by atoms with E-state index in [0.717, 1.165) is 57.1 Å². The summed E-state index contributed by atoms with van der Waals surface area (Å²) in [5, 5.41) is 9.40. The molecule has 22 heavy (non-hydrogen) atoms. The first kappa shape index (κ1) is 15.6. The van der Waals surface area contributed by atoms with Crippen molar-refractivity contribution < 1.29 is 9.84 Å². The minimum atomic E-state index is -0.222. The molecule has 0 spiro atoms. The Kier molecular flexibility index (Phi) is 5.16. The molecule has 3 heterocycles. The van der Waals surface area contributed by atoms with Gasteiger partial charge >= 0.3 is 0 Å². The van der Waals surface area contributed by atoms with Gasteiger partial charge in [0.2, 0.25) is 0 Å². The van der Waals surface area contributed by atoms with E-state index in [-0.39, 0.29) is 12.2 Å². The SMILES string of the molecule is C[C@H](O)CCN1CC[C@@H](Oc2cccnc2N2CCCC2)C1. The largest absolute Gasteiger partial charge is 0.485 e. The topological polar surface area (TPSA) is 48.8 Å². The highest BCUT2D eigenvalue weighted by molar-refractivity contribution is 5.52. The molecule has 0 radical (unpaired) electrons. The Morgan fingerprint density at radius 1 is 1.36 bits per heavy atom. The Balaban J connectivity index is 1.57. The fraction of sp³-hybridized carbons (Fsp3) is 0.706. The van der Waals surface area contributed by atoms with Crippen LogP contribution in [0.15, 0.2) is 18.3 Å². The lowest BCUT2D eigenvalue weighted by Crippen LogP contribution is -2.28. The van der Waals surface area contributed by atoms with Gasteiger partial charge in [-0.15, -0.1) is 0 Å². The number of hydrogen-bond acceptors (Lipinski definition) is 5. The lowest BCUT2D eigenvalue weighted by molar-refractivity contribution is 0.155. The molecule has 122 valence electrons. The third-order valence-electron chi connectivity index (χ3n) is 4.54. The zero-order valence-corrected chi connectivity index (χ0v) is 13.4. The molecule has 2 saturated heterocycles. The van der Waals surface area contributed by atoms with E-state index in [1.165, 1.54) is 12.8 Å². The summed E-state index contributed by atoms with van der Waals surface area (Å²) in [6.45, 7) is 6.96. The molecule has 0 amide bonds. The molecule has 2 aliphatic rings. The summed E-state index contributed by atoms with van der Waals surface area (Å²) < 4.78 is 6.25. The van der Waals surface area contributed by atoms with Crippen molar-refractivity contribution in [2.75, 3.05) is 37.6 Å². The van der Waals surface area contributed by atoms with E-state index < -0.39 is 0 Å². The van der Waals surface area contributed by atoms with Gasteiger partial charge in [-0.25, -0.2) is 4.98 Å². The average Bonchev–Trinajstić information content (AvgIpc) is 3.17. The summed E-state index contributed by atoms with van der Waals surface area (Å²) in [6.07, 6.45) is 6.23. The molecule has 5 heteroatoms. The first-order valence-corrected chi connectivity index (χ1v) is 8.49. The van der Waals surface area contributed by atoms with Crippen molar-refractivity contribution in [3.05, 3.63) is 18.3 Å². The van der Waals surface area contributed by atoms with Gasteiger partial charge in [0, 0.05) is 38.9 Å². The molecule has 2 atom stereocenters. The maximum atomic E-state index is 9.40.